The highest BCUT2D eigenvalue weighted by atomic mass is 35.5. The molecule has 1 aliphatic rings. The van der Waals surface area contributed by atoms with Crippen molar-refractivity contribution < 1.29 is 27.4 Å². The number of nitrogens with one attached hydrogen (secondary N) is 2. The van der Waals surface area contributed by atoms with Crippen molar-refractivity contribution in [3.8, 4) is 17.2 Å². The molecule has 156 valence electrons. The Hall–Kier alpha value is -2.49. The number of hydrogen-bond acceptors (Lipinski definition) is 6. The number of hydrogen-bond donors (Lipinski definition) is 2. The molecule has 0 spiro atoms. The molecule has 1 amide bonds. The maximum Gasteiger partial charge on any atom is 0.262 e. The summed E-state index contributed by atoms with van der Waals surface area (Å²) < 4.78 is 44.4. The van der Waals surface area contributed by atoms with Crippen molar-refractivity contribution in [2.24, 2.45) is 0 Å². The summed E-state index contributed by atoms with van der Waals surface area (Å²) in [6.45, 7) is 4.51. The topological polar surface area (TPSA) is 103 Å². The van der Waals surface area contributed by atoms with Crippen LogP contribution in [0.3, 0.4) is 0 Å². The summed E-state index contributed by atoms with van der Waals surface area (Å²) >= 11 is 6.13. The predicted molar refractivity (Wildman–Crippen MR) is 108 cm³/mol. The predicted octanol–water partition coefficient (Wildman–Crippen LogP) is 2.95. The number of ether oxygens (including phenoxy) is 3. The molecular weight excluding hydrogens is 420 g/mol. The first-order valence-corrected chi connectivity index (χ1v) is 10.8. The maximum absolute atomic E-state index is 12.8. The van der Waals surface area contributed by atoms with E-state index in [0.717, 1.165) is 0 Å². The van der Waals surface area contributed by atoms with E-state index < -0.39 is 10.0 Å². The van der Waals surface area contributed by atoms with Gasteiger partial charge in [0.2, 0.25) is 10.0 Å². The van der Waals surface area contributed by atoms with Crippen LogP contribution in [0.1, 0.15) is 19.4 Å². The van der Waals surface area contributed by atoms with Crippen LogP contribution >= 0.6 is 11.6 Å². The monoisotopic (exact) mass is 440 g/mol. The summed E-state index contributed by atoms with van der Waals surface area (Å²) in [6, 6.07) is 7.86. The van der Waals surface area contributed by atoms with Gasteiger partial charge >= 0.3 is 0 Å². The number of rotatable bonds is 8. The second-order valence-corrected chi connectivity index (χ2v) is 8.23. The van der Waals surface area contributed by atoms with Crippen molar-refractivity contribution >= 4 is 33.2 Å². The van der Waals surface area contributed by atoms with E-state index in [1.165, 1.54) is 12.1 Å². The van der Waals surface area contributed by atoms with Gasteiger partial charge in [0.15, 0.2) is 18.1 Å². The van der Waals surface area contributed by atoms with Gasteiger partial charge in [-0.15, -0.1) is 0 Å². The average molecular weight is 441 g/mol. The molecule has 2 aromatic rings. The number of carbonyl (C=O) groups is 1. The molecule has 0 unspecified atom stereocenters. The Bertz CT molecular complexity index is 1030. The largest absolute Gasteiger partial charge is 0.490 e. The Morgan fingerprint density at radius 2 is 1.86 bits per heavy atom. The van der Waals surface area contributed by atoms with Crippen LogP contribution in [0.2, 0.25) is 5.02 Å². The lowest BCUT2D eigenvalue weighted by atomic mass is 10.2. The van der Waals surface area contributed by atoms with Crippen molar-refractivity contribution in [3.63, 3.8) is 0 Å². The lowest BCUT2D eigenvalue weighted by Crippen LogP contribution is -2.27. The molecule has 29 heavy (non-hydrogen) atoms. The third kappa shape index (κ3) is 4.92. The minimum atomic E-state index is -3.93. The summed E-state index contributed by atoms with van der Waals surface area (Å²) in [5.74, 6) is 1.05. The minimum absolute atomic E-state index is 0.0243. The number of benzene rings is 2. The first-order chi connectivity index (χ1) is 13.8. The Morgan fingerprint density at radius 3 is 2.59 bits per heavy atom. The summed E-state index contributed by atoms with van der Waals surface area (Å²) in [6.07, 6.45) is 0. The molecule has 0 bridgehead atoms. The highest BCUT2D eigenvalue weighted by Gasteiger charge is 2.24. The van der Waals surface area contributed by atoms with Gasteiger partial charge in [-0.3, -0.25) is 4.79 Å². The lowest BCUT2D eigenvalue weighted by molar-refractivity contribution is -0.118. The fourth-order valence-corrected chi connectivity index (χ4v) is 4.31. The zero-order valence-electron chi connectivity index (χ0n) is 16.0. The Morgan fingerprint density at radius 1 is 1.14 bits per heavy atom. The molecule has 0 aromatic heterocycles. The van der Waals surface area contributed by atoms with Crippen LogP contribution in [0.15, 0.2) is 35.2 Å². The number of carbonyl (C=O) groups excluding carboxylic acids is 1. The van der Waals surface area contributed by atoms with Crippen molar-refractivity contribution in [3.05, 3.63) is 40.9 Å². The third-order valence-corrected chi connectivity index (χ3v) is 5.90. The standard InChI is InChI=1S/C19H21ClN2O6S/c1-3-26-15-6-5-12(7-17(15)27-4-2)10-21-29(24,25)18-9-16-14(8-13(18)20)22-19(23)11-28-16/h5-9,21H,3-4,10-11H2,1-2H3,(H,22,23). The zero-order chi connectivity index (χ0) is 21.0. The molecule has 1 aliphatic heterocycles. The summed E-state index contributed by atoms with van der Waals surface area (Å²) in [7, 11) is -3.93. The number of anilines is 1. The van der Waals surface area contributed by atoms with Gasteiger partial charge in [-0.1, -0.05) is 17.7 Å². The maximum atomic E-state index is 12.8. The molecule has 1 heterocycles. The molecule has 0 saturated carbocycles. The van der Waals surface area contributed by atoms with Crippen LogP contribution in [0, 0.1) is 0 Å². The van der Waals surface area contributed by atoms with Gasteiger partial charge in [0.05, 0.1) is 23.9 Å². The number of amides is 1. The quantitative estimate of drug-likeness (QED) is 0.654. The normalized spacial score (nSPS) is 13.3. The Labute approximate surface area is 174 Å². The highest BCUT2D eigenvalue weighted by Crippen LogP contribution is 2.35. The van der Waals surface area contributed by atoms with Gasteiger partial charge in [0.25, 0.3) is 5.91 Å². The molecule has 0 saturated heterocycles. The van der Waals surface area contributed by atoms with Crippen LogP contribution in [0.25, 0.3) is 0 Å². The zero-order valence-corrected chi connectivity index (χ0v) is 17.5. The molecule has 10 heteroatoms. The van der Waals surface area contributed by atoms with E-state index in [2.05, 4.69) is 10.0 Å². The SMILES string of the molecule is CCOc1ccc(CNS(=O)(=O)c2cc3c(cc2Cl)NC(=O)CO3)cc1OCC. The molecule has 8 nitrogen and oxygen atoms in total. The van der Waals surface area contributed by atoms with E-state index in [0.29, 0.717) is 36.0 Å². The molecule has 3 rings (SSSR count). The number of fused-ring (bicyclic) bond motifs is 1. The molecule has 0 radical (unpaired) electrons. The lowest BCUT2D eigenvalue weighted by Gasteiger charge is -2.19. The molecule has 2 N–H and O–H groups in total. The summed E-state index contributed by atoms with van der Waals surface area (Å²) in [4.78, 5) is 11.3. The van der Waals surface area contributed by atoms with Gasteiger partial charge in [-0.25, -0.2) is 13.1 Å². The number of halogens is 1. The first-order valence-electron chi connectivity index (χ1n) is 8.98. The second-order valence-electron chi connectivity index (χ2n) is 6.09. The minimum Gasteiger partial charge on any atom is -0.490 e. The summed E-state index contributed by atoms with van der Waals surface area (Å²) in [5.41, 5.74) is 1.02. The van der Waals surface area contributed by atoms with Crippen molar-refractivity contribution in [2.75, 3.05) is 25.1 Å². The van der Waals surface area contributed by atoms with E-state index >= 15 is 0 Å². The fourth-order valence-electron chi connectivity index (χ4n) is 2.75. The second kappa shape index (κ2) is 8.89. The van der Waals surface area contributed by atoms with Gasteiger partial charge in [-0.05, 0) is 37.6 Å². The van der Waals surface area contributed by atoms with Crippen LogP contribution in [-0.2, 0) is 21.4 Å². The molecule has 0 atom stereocenters. The van der Waals surface area contributed by atoms with Crippen molar-refractivity contribution in [1.82, 2.24) is 4.72 Å². The smallest absolute Gasteiger partial charge is 0.262 e. The van der Waals surface area contributed by atoms with Gasteiger partial charge in [-0.2, -0.15) is 0 Å². The van der Waals surface area contributed by atoms with Crippen LogP contribution in [0.5, 0.6) is 17.2 Å². The van der Waals surface area contributed by atoms with E-state index in [-0.39, 0.29) is 34.7 Å². The molecule has 2 aromatic carbocycles. The van der Waals surface area contributed by atoms with Gasteiger partial charge in [0.1, 0.15) is 10.6 Å². The van der Waals surface area contributed by atoms with E-state index in [1.807, 2.05) is 13.8 Å². The average Bonchev–Trinajstić information content (AvgIpc) is 2.68. The van der Waals surface area contributed by atoms with Crippen molar-refractivity contribution in [1.29, 1.82) is 0 Å². The van der Waals surface area contributed by atoms with Gasteiger partial charge < -0.3 is 19.5 Å². The first kappa shape index (κ1) is 21.2. The van der Waals surface area contributed by atoms with Crippen LogP contribution < -0.4 is 24.2 Å². The Balaban J connectivity index is 1.80. The highest BCUT2D eigenvalue weighted by molar-refractivity contribution is 7.89. The Kier molecular flexibility index (Phi) is 6.51. The molecule has 0 fully saturated rings. The van der Waals surface area contributed by atoms with Crippen LogP contribution in [-0.4, -0.2) is 34.1 Å². The third-order valence-electron chi connectivity index (χ3n) is 4.03. The van der Waals surface area contributed by atoms with Gasteiger partial charge in [0, 0.05) is 12.6 Å². The number of sulfonamides is 1. The fraction of sp³-hybridized carbons (Fsp3) is 0.316. The van der Waals surface area contributed by atoms with E-state index in [9.17, 15) is 13.2 Å². The van der Waals surface area contributed by atoms with Crippen molar-refractivity contribution in [2.45, 2.75) is 25.3 Å². The van der Waals surface area contributed by atoms with E-state index in [1.54, 1.807) is 18.2 Å². The molecule has 0 aliphatic carbocycles. The summed E-state index contributed by atoms with van der Waals surface area (Å²) in [5, 5.41) is 2.56. The van der Waals surface area contributed by atoms with Crippen LogP contribution in [0.4, 0.5) is 5.69 Å². The molecular formula is C19H21ClN2O6S. The van der Waals surface area contributed by atoms with E-state index in [4.69, 9.17) is 25.8 Å².